The molecule has 0 aliphatic carbocycles. The Labute approximate surface area is 190 Å². The average Bonchev–Trinajstić information content (AvgIpc) is 3.07. The van der Waals surface area contributed by atoms with Crippen LogP contribution < -0.4 is 9.52 Å². The van der Waals surface area contributed by atoms with E-state index < -0.39 is 15.9 Å². The topological polar surface area (TPSA) is 80.5 Å². The van der Waals surface area contributed by atoms with Crippen LogP contribution in [-0.4, -0.2) is 18.9 Å². The molecule has 0 aliphatic heterocycles. The maximum atomic E-state index is 13.1. The van der Waals surface area contributed by atoms with E-state index in [0.29, 0.717) is 4.80 Å². The monoisotopic (exact) mass is 465 g/mol. The van der Waals surface area contributed by atoms with Gasteiger partial charge in [0.2, 0.25) is 0 Å². The number of aryl methyl sites for hydroxylation is 4. The van der Waals surface area contributed by atoms with E-state index in [1.165, 1.54) is 29.0 Å². The molecule has 8 heteroatoms. The highest BCUT2D eigenvalue weighted by Crippen LogP contribution is 2.24. The normalized spacial score (nSPS) is 12.3. The Balaban J connectivity index is 1.74. The van der Waals surface area contributed by atoms with Gasteiger partial charge in [-0.1, -0.05) is 47.2 Å². The first-order valence-corrected chi connectivity index (χ1v) is 12.3. The van der Waals surface area contributed by atoms with Crippen molar-refractivity contribution >= 4 is 43.2 Å². The number of sulfonamides is 1. The summed E-state index contributed by atoms with van der Waals surface area (Å²) in [6, 6.07) is 17.1. The molecule has 1 amide bonds. The molecule has 0 radical (unpaired) electrons. The number of hydrogen-bond donors (Lipinski definition) is 1. The summed E-state index contributed by atoms with van der Waals surface area (Å²) in [6.07, 6.45) is 0. The number of anilines is 1. The van der Waals surface area contributed by atoms with Gasteiger partial charge in [0.1, 0.15) is 0 Å². The van der Waals surface area contributed by atoms with Crippen molar-refractivity contribution in [3.05, 3.63) is 87.7 Å². The van der Waals surface area contributed by atoms with Crippen LogP contribution in [0.3, 0.4) is 0 Å². The quantitative estimate of drug-likeness (QED) is 0.474. The summed E-state index contributed by atoms with van der Waals surface area (Å²) in [7, 11) is -1.97. The average molecular weight is 466 g/mol. The first-order chi connectivity index (χ1) is 15.2. The van der Waals surface area contributed by atoms with Gasteiger partial charge in [-0.05, 0) is 62.2 Å². The Morgan fingerprint density at radius 3 is 2.38 bits per heavy atom. The molecule has 0 aliphatic rings. The Kier molecular flexibility index (Phi) is 5.75. The SMILES string of the molecule is Cc1ccc(S(=O)(=O)Nc2ccccc2C(=O)N=c2sc3ccc(C)c(C)c3n2C)cc1. The molecule has 1 aromatic heterocycles. The Bertz CT molecular complexity index is 1510. The largest absolute Gasteiger partial charge is 0.319 e. The summed E-state index contributed by atoms with van der Waals surface area (Å²) in [5.74, 6) is -0.510. The minimum Gasteiger partial charge on any atom is -0.319 e. The number of rotatable bonds is 4. The molecule has 0 unspecified atom stereocenters. The van der Waals surface area contributed by atoms with Gasteiger partial charge in [-0.2, -0.15) is 4.99 Å². The van der Waals surface area contributed by atoms with Crippen LogP contribution in [0, 0.1) is 20.8 Å². The maximum Gasteiger partial charge on any atom is 0.281 e. The fourth-order valence-electron chi connectivity index (χ4n) is 3.46. The molecule has 4 rings (SSSR count). The highest BCUT2D eigenvalue weighted by molar-refractivity contribution is 7.92. The third kappa shape index (κ3) is 4.11. The number of nitrogens with one attached hydrogen (secondary N) is 1. The van der Waals surface area contributed by atoms with E-state index in [1.807, 2.05) is 38.5 Å². The van der Waals surface area contributed by atoms with E-state index in [2.05, 4.69) is 15.8 Å². The second-order valence-corrected chi connectivity index (χ2v) is 10.4. The molecule has 0 bridgehead atoms. The summed E-state index contributed by atoms with van der Waals surface area (Å²) < 4.78 is 31.1. The maximum absolute atomic E-state index is 13.1. The van der Waals surface area contributed by atoms with Gasteiger partial charge in [-0.25, -0.2) is 8.42 Å². The summed E-state index contributed by atoms with van der Waals surface area (Å²) >= 11 is 1.42. The van der Waals surface area contributed by atoms with E-state index in [0.717, 1.165) is 21.3 Å². The zero-order valence-electron chi connectivity index (χ0n) is 18.2. The van der Waals surface area contributed by atoms with Crippen molar-refractivity contribution in [2.24, 2.45) is 12.0 Å². The Morgan fingerprint density at radius 1 is 0.969 bits per heavy atom. The molecule has 32 heavy (non-hydrogen) atoms. The van der Waals surface area contributed by atoms with Gasteiger partial charge < -0.3 is 4.57 Å². The number of carbonyl (C=O) groups excluding carboxylic acids is 1. The van der Waals surface area contributed by atoms with Gasteiger partial charge in [0.05, 0.1) is 26.4 Å². The van der Waals surface area contributed by atoms with E-state index in [4.69, 9.17) is 0 Å². The lowest BCUT2D eigenvalue weighted by atomic mass is 10.1. The first-order valence-electron chi connectivity index (χ1n) is 10.0. The second kappa shape index (κ2) is 8.37. The van der Waals surface area contributed by atoms with Crippen molar-refractivity contribution in [1.82, 2.24) is 4.57 Å². The highest BCUT2D eigenvalue weighted by Gasteiger charge is 2.19. The number of para-hydroxylation sites is 1. The highest BCUT2D eigenvalue weighted by atomic mass is 32.2. The smallest absolute Gasteiger partial charge is 0.281 e. The number of benzene rings is 3. The number of aromatic nitrogens is 1. The van der Waals surface area contributed by atoms with Gasteiger partial charge in [0.15, 0.2) is 4.80 Å². The van der Waals surface area contributed by atoms with E-state index >= 15 is 0 Å². The van der Waals surface area contributed by atoms with Crippen molar-refractivity contribution in [3.8, 4) is 0 Å². The van der Waals surface area contributed by atoms with E-state index in [1.54, 1.807) is 36.4 Å². The van der Waals surface area contributed by atoms with E-state index in [-0.39, 0.29) is 16.1 Å². The lowest BCUT2D eigenvalue weighted by molar-refractivity contribution is 0.0999. The number of carbonyl (C=O) groups is 1. The van der Waals surface area contributed by atoms with Crippen molar-refractivity contribution in [2.45, 2.75) is 25.7 Å². The van der Waals surface area contributed by atoms with Gasteiger partial charge in [-0.3, -0.25) is 9.52 Å². The Hall–Kier alpha value is -3.23. The van der Waals surface area contributed by atoms with Crippen molar-refractivity contribution in [2.75, 3.05) is 4.72 Å². The Morgan fingerprint density at radius 2 is 1.66 bits per heavy atom. The molecule has 0 saturated heterocycles. The van der Waals surface area contributed by atoms with Crippen LogP contribution in [0.1, 0.15) is 27.0 Å². The van der Waals surface area contributed by atoms with Gasteiger partial charge >= 0.3 is 0 Å². The number of hydrogen-bond acceptors (Lipinski definition) is 4. The summed E-state index contributed by atoms with van der Waals surface area (Å²) in [6.45, 7) is 5.98. The van der Waals surface area contributed by atoms with Crippen molar-refractivity contribution < 1.29 is 13.2 Å². The molecule has 0 spiro atoms. The van der Waals surface area contributed by atoms with E-state index in [9.17, 15) is 13.2 Å². The molecule has 1 N–H and O–H groups in total. The summed E-state index contributed by atoms with van der Waals surface area (Å²) in [5, 5.41) is 0. The molecule has 0 saturated carbocycles. The molecular weight excluding hydrogens is 442 g/mol. The molecule has 0 fully saturated rings. The minimum atomic E-state index is -3.84. The fourth-order valence-corrected chi connectivity index (χ4v) is 5.62. The number of fused-ring (bicyclic) bond motifs is 1. The lowest BCUT2D eigenvalue weighted by Gasteiger charge is -2.11. The predicted molar refractivity (Wildman–Crippen MR) is 129 cm³/mol. The fraction of sp³-hybridized carbons (Fsp3) is 0.167. The number of amides is 1. The molecule has 164 valence electrons. The van der Waals surface area contributed by atoms with Gasteiger partial charge in [0, 0.05) is 7.05 Å². The number of thiazole rings is 1. The predicted octanol–water partition coefficient (Wildman–Crippen LogP) is 4.71. The van der Waals surface area contributed by atoms with Crippen LogP contribution in [0.25, 0.3) is 10.2 Å². The molecule has 0 atom stereocenters. The first kappa shape index (κ1) is 22.0. The van der Waals surface area contributed by atoms with Crippen molar-refractivity contribution in [3.63, 3.8) is 0 Å². The third-order valence-electron chi connectivity index (χ3n) is 5.42. The summed E-state index contributed by atoms with van der Waals surface area (Å²) in [5.41, 5.74) is 4.68. The van der Waals surface area contributed by atoms with Gasteiger partial charge in [0.25, 0.3) is 15.9 Å². The van der Waals surface area contributed by atoms with Crippen LogP contribution >= 0.6 is 11.3 Å². The number of nitrogens with zero attached hydrogens (tertiary/aromatic N) is 2. The zero-order chi connectivity index (χ0) is 23.0. The van der Waals surface area contributed by atoms with Crippen LogP contribution in [0.5, 0.6) is 0 Å². The van der Waals surface area contributed by atoms with Gasteiger partial charge in [-0.15, -0.1) is 0 Å². The third-order valence-corrected chi connectivity index (χ3v) is 7.90. The van der Waals surface area contributed by atoms with Crippen LogP contribution in [-0.2, 0) is 17.1 Å². The lowest BCUT2D eigenvalue weighted by Crippen LogP contribution is -2.17. The molecule has 1 heterocycles. The standard InChI is InChI=1S/C24H23N3O3S2/c1-15-9-12-18(13-10-15)32(29,30)26-20-8-6-5-7-19(20)23(28)25-24-27(4)22-17(3)16(2)11-14-21(22)31-24/h5-14,26H,1-4H3. The zero-order valence-corrected chi connectivity index (χ0v) is 19.8. The summed E-state index contributed by atoms with van der Waals surface area (Å²) in [4.78, 5) is 18.1. The molecule has 4 aromatic rings. The second-order valence-electron chi connectivity index (χ2n) is 7.68. The molecule has 3 aromatic carbocycles. The minimum absolute atomic E-state index is 0.129. The molecule has 6 nitrogen and oxygen atoms in total. The van der Waals surface area contributed by atoms with Crippen LogP contribution in [0.15, 0.2) is 70.6 Å². The van der Waals surface area contributed by atoms with Crippen LogP contribution in [0.2, 0.25) is 0 Å². The molecular formula is C24H23N3O3S2. The van der Waals surface area contributed by atoms with Crippen molar-refractivity contribution in [1.29, 1.82) is 0 Å². The van der Waals surface area contributed by atoms with Crippen LogP contribution in [0.4, 0.5) is 5.69 Å².